The van der Waals surface area contributed by atoms with Gasteiger partial charge >= 0.3 is 0 Å². The van der Waals surface area contributed by atoms with Crippen LogP contribution >= 0.6 is 11.6 Å². The van der Waals surface area contributed by atoms with Crippen LogP contribution in [0, 0.1) is 0 Å². The van der Waals surface area contributed by atoms with E-state index in [4.69, 9.17) is 17.3 Å². The minimum atomic E-state index is 0.503. The topological polar surface area (TPSA) is 64.7 Å². The fraction of sp³-hybridized carbons (Fsp3) is 0. The van der Waals surface area contributed by atoms with E-state index in [1.54, 1.807) is 12.1 Å². The molecular weight excluding hydrogens is 200 g/mol. The van der Waals surface area contributed by atoms with Gasteiger partial charge in [0.2, 0.25) is 0 Å². The molecule has 1 heterocycles. The van der Waals surface area contributed by atoms with Gasteiger partial charge in [0, 0.05) is 5.56 Å². The summed E-state index contributed by atoms with van der Waals surface area (Å²) in [5.41, 5.74) is 6.95. The molecule has 0 saturated heterocycles. The molecule has 2 rings (SSSR count). The van der Waals surface area contributed by atoms with Crippen molar-refractivity contribution in [2.24, 2.45) is 0 Å². The Hall–Kier alpha value is -1.68. The molecule has 0 aliphatic rings. The van der Waals surface area contributed by atoms with Gasteiger partial charge in [0.1, 0.15) is 12.7 Å². The van der Waals surface area contributed by atoms with E-state index in [2.05, 4.69) is 15.0 Å². The highest BCUT2D eigenvalue weighted by Gasteiger charge is 2.02. The smallest absolute Gasteiger partial charge is 0.162 e. The molecule has 4 nitrogen and oxygen atoms in total. The van der Waals surface area contributed by atoms with Crippen molar-refractivity contribution < 1.29 is 0 Å². The molecule has 14 heavy (non-hydrogen) atoms. The lowest BCUT2D eigenvalue weighted by atomic mass is 10.2. The van der Waals surface area contributed by atoms with E-state index < -0.39 is 0 Å². The molecule has 2 N–H and O–H groups in total. The molecule has 0 atom stereocenters. The number of hydrogen-bond donors (Lipinski definition) is 1. The molecule has 0 aliphatic carbocycles. The Labute approximate surface area is 85.8 Å². The summed E-state index contributed by atoms with van der Waals surface area (Å²) < 4.78 is 0. The summed E-state index contributed by atoms with van der Waals surface area (Å²) in [6.45, 7) is 0. The number of aromatic nitrogens is 3. The molecule has 0 amide bonds. The molecule has 2 aromatic rings. The SMILES string of the molecule is Nc1ccc(-c2ncncn2)cc1Cl. The Balaban J connectivity index is 2.48. The zero-order valence-electron chi connectivity index (χ0n) is 7.18. The van der Waals surface area contributed by atoms with E-state index in [0.29, 0.717) is 16.5 Å². The maximum atomic E-state index is 5.87. The first-order chi connectivity index (χ1) is 6.77. The Kier molecular flexibility index (Phi) is 2.28. The van der Waals surface area contributed by atoms with E-state index in [0.717, 1.165) is 5.56 Å². The molecule has 5 heteroatoms. The molecular formula is C9H7ClN4. The predicted molar refractivity (Wildman–Crippen MR) is 54.7 cm³/mol. The van der Waals surface area contributed by atoms with Gasteiger partial charge in [-0.3, -0.25) is 0 Å². The highest BCUT2D eigenvalue weighted by molar-refractivity contribution is 6.33. The number of benzene rings is 1. The monoisotopic (exact) mass is 206 g/mol. The third-order valence-electron chi connectivity index (χ3n) is 1.75. The van der Waals surface area contributed by atoms with Gasteiger partial charge in [-0.15, -0.1) is 0 Å². The summed E-state index contributed by atoms with van der Waals surface area (Å²) in [5.74, 6) is 0.585. The van der Waals surface area contributed by atoms with Crippen molar-refractivity contribution in [1.82, 2.24) is 15.0 Å². The van der Waals surface area contributed by atoms with Crippen LogP contribution in [0.3, 0.4) is 0 Å². The van der Waals surface area contributed by atoms with Gasteiger partial charge in [-0.05, 0) is 18.2 Å². The average molecular weight is 207 g/mol. The van der Waals surface area contributed by atoms with Gasteiger partial charge in [0.05, 0.1) is 10.7 Å². The number of anilines is 1. The van der Waals surface area contributed by atoms with Gasteiger partial charge in [0.15, 0.2) is 5.82 Å². The zero-order chi connectivity index (χ0) is 9.97. The van der Waals surface area contributed by atoms with Crippen molar-refractivity contribution in [2.75, 3.05) is 5.73 Å². The minimum Gasteiger partial charge on any atom is -0.398 e. The van der Waals surface area contributed by atoms with Crippen LogP contribution in [-0.2, 0) is 0 Å². The molecule has 0 bridgehead atoms. The second-order valence-electron chi connectivity index (χ2n) is 2.70. The van der Waals surface area contributed by atoms with Crippen LogP contribution in [0.15, 0.2) is 30.9 Å². The third kappa shape index (κ3) is 1.65. The van der Waals surface area contributed by atoms with Crippen molar-refractivity contribution in [3.63, 3.8) is 0 Å². The van der Waals surface area contributed by atoms with Crippen LogP contribution in [0.1, 0.15) is 0 Å². The van der Waals surface area contributed by atoms with Crippen molar-refractivity contribution in [3.05, 3.63) is 35.9 Å². The summed E-state index contributed by atoms with van der Waals surface area (Å²) in [7, 11) is 0. The van der Waals surface area contributed by atoms with Gasteiger partial charge in [-0.1, -0.05) is 11.6 Å². The highest BCUT2D eigenvalue weighted by atomic mass is 35.5. The number of nitrogens with zero attached hydrogens (tertiary/aromatic N) is 3. The Morgan fingerprint density at radius 2 is 1.86 bits per heavy atom. The average Bonchev–Trinajstić information content (AvgIpc) is 2.23. The molecule has 0 fully saturated rings. The zero-order valence-corrected chi connectivity index (χ0v) is 7.94. The van der Waals surface area contributed by atoms with E-state index >= 15 is 0 Å². The second kappa shape index (κ2) is 3.59. The fourth-order valence-electron chi connectivity index (χ4n) is 1.05. The number of nitrogens with two attached hydrogens (primary N) is 1. The third-order valence-corrected chi connectivity index (χ3v) is 2.08. The first-order valence-electron chi connectivity index (χ1n) is 3.95. The van der Waals surface area contributed by atoms with Crippen molar-refractivity contribution in [1.29, 1.82) is 0 Å². The van der Waals surface area contributed by atoms with Crippen LogP contribution in [-0.4, -0.2) is 15.0 Å². The number of rotatable bonds is 1. The number of nitrogen functional groups attached to an aromatic ring is 1. The van der Waals surface area contributed by atoms with Crippen molar-refractivity contribution in [2.45, 2.75) is 0 Å². The van der Waals surface area contributed by atoms with Crippen LogP contribution in [0.2, 0.25) is 5.02 Å². The molecule has 1 aromatic heterocycles. The Morgan fingerprint density at radius 1 is 1.14 bits per heavy atom. The Bertz CT molecular complexity index is 444. The first-order valence-corrected chi connectivity index (χ1v) is 4.32. The lowest BCUT2D eigenvalue weighted by Crippen LogP contribution is -1.91. The molecule has 0 radical (unpaired) electrons. The minimum absolute atomic E-state index is 0.503. The number of hydrogen-bond acceptors (Lipinski definition) is 4. The van der Waals surface area contributed by atoms with Crippen LogP contribution in [0.25, 0.3) is 11.4 Å². The van der Waals surface area contributed by atoms with Crippen LogP contribution < -0.4 is 5.73 Å². The summed E-state index contributed by atoms with van der Waals surface area (Å²) in [6, 6.07) is 5.27. The molecule has 0 unspecified atom stereocenters. The summed E-state index contributed by atoms with van der Waals surface area (Å²) in [5, 5.41) is 0.503. The molecule has 0 saturated carbocycles. The lowest BCUT2D eigenvalue weighted by Gasteiger charge is -2.01. The molecule has 0 aliphatic heterocycles. The largest absolute Gasteiger partial charge is 0.398 e. The van der Waals surface area contributed by atoms with Gasteiger partial charge in [-0.25, -0.2) is 15.0 Å². The lowest BCUT2D eigenvalue weighted by molar-refractivity contribution is 1.06. The normalized spacial score (nSPS) is 10.1. The van der Waals surface area contributed by atoms with E-state index in [1.807, 2.05) is 6.07 Å². The number of halogens is 1. The standard InChI is InChI=1S/C9H7ClN4/c10-7-3-6(1-2-8(7)11)9-13-4-12-5-14-9/h1-5H,11H2. The van der Waals surface area contributed by atoms with Crippen molar-refractivity contribution >= 4 is 17.3 Å². The van der Waals surface area contributed by atoms with Gasteiger partial charge in [-0.2, -0.15) is 0 Å². The van der Waals surface area contributed by atoms with Crippen LogP contribution in [0.4, 0.5) is 5.69 Å². The molecule has 70 valence electrons. The maximum absolute atomic E-state index is 5.87. The predicted octanol–water partition coefficient (Wildman–Crippen LogP) is 1.77. The first kappa shape index (κ1) is 8.90. The molecule has 0 spiro atoms. The Morgan fingerprint density at radius 3 is 2.50 bits per heavy atom. The molecule has 1 aromatic carbocycles. The quantitative estimate of drug-likeness (QED) is 0.723. The summed E-state index contributed by atoms with van der Waals surface area (Å²) in [6.07, 6.45) is 2.87. The second-order valence-corrected chi connectivity index (χ2v) is 3.11. The van der Waals surface area contributed by atoms with E-state index in [1.165, 1.54) is 12.7 Å². The maximum Gasteiger partial charge on any atom is 0.162 e. The van der Waals surface area contributed by atoms with Gasteiger partial charge < -0.3 is 5.73 Å². The van der Waals surface area contributed by atoms with Gasteiger partial charge in [0.25, 0.3) is 0 Å². The highest BCUT2D eigenvalue weighted by Crippen LogP contribution is 2.24. The van der Waals surface area contributed by atoms with E-state index in [-0.39, 0.29) is 0 Å². The van der Waals surface area contributed by atoms with Crippen LogP contribution in [0.5, 0.6) is 0 Å². The summed E-state index contributed by atoms with van der Waals surface area (Å²) in [4.78, 5) is 11.7. The van der Waals surface area contributed by atoms with E-state index in [9.17, 15) is 0 Å². The van der Waals surface area contributed by atoms with Crippen molar-refractivity contribution in [3.8, 4) is 11.4 Å². The summed E-state index contributed by atoms with van der Waals surface area (Å²) >= 11 is 5.87. The fourth-order valence-corrected chi connectivity index (χ4v) is 1.24.